The Morgan fingerprint density at radius 3 is 2.66 bits per heavy atom. The lowest BCUT2D eigenvalue weighted by Gasteiger charge is -2.14. The van der Waals surface area contributed by atoms with Gasteiger partial charge in [-0.05, 0) is 31.9 Å². The summed E-state index contributed by atoms with van der Waals surface area (Å²) in [5, 5.41) is 0.512. The normalized spacial score (nSPS) is 17.1. The average molecular weight is 393 g/mol. The molecule has 0 saturated carbocycles. The van der Waals surface area contributed by atoms with Gasteiger partial charge in [0.2, 0.25) is 0 Å². The maximum atomic E-state index is 13.5. The van der Waals surface area contributed by atoms with Gasteiger partial charge in [-0.3, -0.25) is 9.36 Å². The summed E-state index contributed by atoms with van der Waals surface area (Å²) >= 11 is 0. The van der Waals surface area contributed by atoms with Crippen LogP contribution in [0, 0.1) is 6.92 Å². The lowest BCUT2D eigenvalue weighted by Crippen LogP contribution is -2.29. The van der Waals surface area contributed by atoms with Crippen LogP contribution in [0.2, 0.25) is 0 Å². The summed E-state index contributed by atoms with van der Waals surface area (Å²) in [6, 6.07) is 7.69. The molecule has 29 heavy (non-hydrogen) atoms. The van der Waals surface area contributed by atoms with Crippen molar-refractivity contribution >= 4 is 33.2 Å². The lowest BCUT2D eigenvalue weighted by atomic mass is 10.2. The van der Waals surface area contributed by atoms with E-state index in [4.69, 9.17) is 24.4 Å². The molecule has 0 aliphatic carbocycles. The van der Waals surface area contributed by atoms with Gasteiger partial charge in [-0.15, -0.1) is 0 Å². The highest BCUT2D eigenvalue weighted by molar-refractivity contribution is 6.04. The average Bonchev–Trinajstić information content (AvgIpc) is 3.34. The van der Waals surface area contributed by atoms with E-state index in [0.29, 0.717) is 47.7 Å². The second-order valence-electron chi connectivity index (χ2n) is 7.44. The summed E-state index contributed by atoms with van der Waals surface area (Å²) < 4.78 is 14.7. The third kappa shape index (κ3) is 2.99. The lowest BCUT2D eigenvalue weighted by molar-refractivity contribution is 0.0955. The van der Waals surface area contributed by atoms with Crippen LogP contribution in [-0.2, 0) is 22.6 Å². The molecule has 1 fully saturated rings. The Morgan fingerprint density at radius 1 is 1.14 bits per heavy atom. The zero-order valence-electron chi connectivity index (χ0n) is 16.6. The molecule has 4 heterocycles. The molecule has 0 radical (unpaired) electrons. The summed E-state index contributed by atoms with van der Waals surface area (Å²) in [6.45, 7) is 4.17. The van der Waals surface area contributed by atoms with Gasteiger partial charge >= 0.3 is 0 Å². The maximum Gasteiger partial charge on any atom is 0.265 e. The van der Waals surface area contributed by atoms with Gasteiger partial charge in [0.1, 0.15) is 16.7 Å². The molecule has 0 N–H and O–H groups in total. The number of benzene rings is 1. The summed E-state index contributed by atoms with van der Waals surface area (Å²) in [4.78, 5) is 27.9. The Bertz CT molecular complexity index is 1270. The van der Waals surface area contributed by atoms with Crippen LogP contribution in [0.3, 0.4) is 0 Å². The van der Waals surface area contributed by atoms with Gasteiger partial charge in [0.05, 0.1) is 30.3 Å². The van der Waals surface area contributed by atoms with E-state index in [9.17, 15) is 4.79 Å². The van der Waals surface area contributed by atoms with Gasteiger partial charge in [-0.1, -0.05) is 12.1 Å². The van der Waals surface area contributed by atoms with E-state index in [0.717, 1.165) is 30.5 Å². The molecule has 4 aromatic rings. The molecule has 8 nitrogen and oxygen atoms in total. The predicted octanol–water partition coefficient (Wildman–Crippen LogP) is 2.43. The van der Waals surface area contributed by atoms with Crippen molar-refractivity contribution in [3.05, 3.63) is 40.4 Å². The van der Waals surface area contributed by atoms with Crippen LogP contribution < -0.4 is 5.56 Å². The van der Waals surface area contributed by atoms with Crippen molar-refractivity contribution in [2.75, 3.05) is 20.3 Å². The molecule has 3 aromatic heterocycles. The number of rotatable bonds is 5. The Balaban J connectivity index is 1.81. The first kappa shape index (κ1) is 18.2. The zero-order chi connectivity index (χ0) is 20.0. The summed E-state index contributed by atoms with van der Waals surface area (Å²) in [5.41, 5.74) is 3.32. The van der Waals surface area contributed by atoms with Gasteiger partial charge in [0.25, 0.3) is 5.56 Å². The van der Waals surface area contributed by atoms with Crippen molar-refractivity contribution in [1.29, 1.82) is 0 Å². The minimum atomic E-state index is -0.0891. The van der Waals surface area contributed by atoms with E-state index in [1.54, 1.807) is 11.7 Å². The molecule has 0 amide bonds. The highest BCUT2D eigenvalue weighted by atomic mass is 16.5. The Hall–Kier alpha value is -2.84. The molecule has 1 saturated heterocycles. The van der Waals surface area contributed by atoms with E-state index in [1.165, 1.54) is 0 Å². The molecule has 1 atom stereocenters. The van der Waals surface area contributed by atoms with Crippen LogP contribution in [0.5, 0.6) is 0 Å². The maximum absolute atomic E-state index is 13.5. The largest absolute Gasteiger partial charge is 0.383 e. The molecular weight excluding hydrogens is 370 g/mol. The molecule has 150 valence electrons. The van der Waals surface area contributed by atoms with Crippen molar-refractivity contribution in [1.82, 2.24) is 24.1 Å². The monoisotopic (exact) mass is 393 g/mol. The minimum absolute atomic E-state index is 0.0550. The van der Waals surface area contributed by atoms with Gasteiger partial charge in [0, 0.05) is 20.3 Å². The minimum Gasteiger partial charge on any atom is -0.383 e. The molecule has 1 aliphatic heterocycles. The summed E-state index contributed by atoms with van der Waals surface area (Å²) in [7, 11) is 1.65. The van der Waals surface area contributed by atoms with Crippen LogP contribution in [0.15, 0.2) is 29.1 Å². The van der Waals surface area contributed by atoms with Gasteiger partial charge in [-0.2, -0.15) is 0 Å². The number of methoxy groups -OCH3 is 1. The number of fused-ring (bicyclic) bond motifs is 4. The fourth-order valence-electron chi connectivity index (χ4n) is 4.10. The molecular formula is C21H23N5O3. The van der Waals surface area contributed by atoms with Crippen LogP contribution in [-0.4, -0.2) is 50.5 Å². The van der Waals surface area contributed by atoms with E-state index >= 15 is 0 Å². The Labute approximate surface area is 167 Å². The number of aromatic nitrogens is 5. The first-order chi connectivity index (χ1) is 14.2. The third-order valence-corrected chi connectivity index (χ3v) is 5.57. The van der Waals surface area contributed by atoms with E-state index < -0.39 is 0 Å². The van der Waals surface area contributed by atoms with Gasteiger partial charge < -0.3 is 14.0 Å². The van der Waals surface area contributed by atoms with Crippen LogP contribution in [0.4, 0.5) is 0 Å². The molecule has 0 spiro atoms. The quantitative estimate of drug-likeness (QED) is 0.518. The van der Waals surface area contributed by atoms with Crippen LogP contribution >= 0.6 is 0 Å². The molecule has 1 aliphatic rings. The number of hydrogen-bond donors (Lipinski definition) is 0. The number of ether oxygens (including phenoxy) is 2. The van der Waals surface area contributed by atoms with E-state index in [-0.39, 0.29) is 11.7 Å². The number of hydrogen-bond acceptors (Lipinski definition) is 6. The van der Waals surface area contributed by atoms with E-state index in [1.807, 2.05) is 35.8 Å². The Morgan fingerprint density at radius 2 is 1.93 bits per heavy atom. The Kier molecular flexibility index (Phi) is 4.52. The molecule has 8 heteroatoms. The van der Waals surface area contributed by atoms with Crippen molar-refractivity contribution in [2.45, 2.75) is 39.0 Å². The van der Waals surface area contributed by atoms with Crippen molar-refractivity contribution in [3.8, 4) is 0 Å². The smallest absolute Gasteiger partial charge is 0.265 e. The number of nitrogens with zero attached hydrogens (tertiary/aromatic N) is 5. The molecule has 0 bridgehead atoms. The predicted molar refractivity (Wildman–Crippen MR) is 110 cm³/mol. The van der Waals surface area contributed by atoms with Crippen LogP contribution in [0.25, 0.3) is 33.2 Å². The first-order valence-electron chi connectivity index (χ1n) is 9.94. The highest BCUT2D eigenvalue weighted by Gasteiger charge is 2.23. The molecule has 1 aromatic carbocycles. The first-order valence-corrected chi connectivity index (χ1v) is 9.94. The number of para-hydroxylation sites is 2. The van der Waals surface area contributed by atoms with Crippen molar-refractivity contribution < 1.29 is 9.47 Å². The zero-order valence-corrected chi connectivity index (χ0v) is 16.6. The number of aryl methyl sites for hydroxylation is 1. The topological polar surface area (TPSA) is 84.1 Å². The standard InChI is InChI=1S/C21H23N5O3/c1-13-22-19-17(21(27)26(13)12-14-6-5-10-29-14)18-20(25(19)9-11-28-2)24-16-8-4-3-7-15(16)23-18/h3-4,7-8,14H,5-6,9-12H2,1-2H3. The second-order valence-corrected chi connectivity index (χ2v) is 7.44. The van der Waals surface area contributed by atoms with Crippen LogP contribution in [0.1, 0.15) is 18.7 Å². The third-order valence-electron chi connectivity index (χ3n) is 5.57. The second kappa shape index (κ2) is 7.20. The SMILES string of the molecule is COCCn1c2nc3ccccc3nc2c2c(=O)n(CC3CCCO3)c(C)nc21. The summed E-state index contributed by atoms with van der Waals surface area (Å²) in [6.07, 6.45) is 2.05. The van der Waals surface area contributed by atoms with Crippen molar-refractivity contribution in [3.63, 3.8) is 0 Å². The fourth-order valence-corrected chi connectivity index (χ4v) is 4.10. The van der Waals surface area contributed by atoms with Gasteiger partial charge in [-0.25, -0.2) is 15.0 Å². The van der Waals surface area contributed by atoms with E-state index in [2.05, 4.69) is 0 Å². The fraction of sp³-hybridized carbons (Fsp3) is 0.429. The highest BCUT2D eigenvalue weighted by Crippen LogP contribution is 2.25. The summed E-state index contributed by atoms with van der Waals surface area (Å²) in [5.74, 6) is 0.670. The van der Waals surface area contributed by atoms with Crippen molar-refractivity contribution in [2.24, 2.45) is 0 Å². The van der Waals surface area contributed by atoms with Gasteiger partial charge in [0.15, 0.2) is 11.3 Å². The molecule has 5 rings (SSSR count). The molecule has 1 unspecified atom stereocenters.